The lowest BCUT2D eigenvalue weighted by atomic mass is 10.1. The molecule has 96 valence electrons. The van der Waals surface area contributed by atoms with Crippen molar-refractivity contribution in [3.63, 3.8) is 0 Å². The maximum absolute atomic E-state index is 8.56. The zero-order valence-electron chi connectivity index (χ0n) is 10.4. The molecule has 0 aliphatic rings. The molecule has 0 amide bonds. The van der Waals surface area contributed by atoms with E-state index in [9.17, 15) is 0 Å². The fraction of sp³-hybridized carbons (Fsp3) is 0.583. The summed E-state index contributed by atoms with van der Waals surface area (Å²) < 4.78 is 0. The van der Waals surface area contributed by atoms with Gasteiger partial charge in [0.25, 0.3) is 0 Å². The smallest absolute Gasteiger partial charge is 0.140 e. The third-order valence-corrected chi connectivity index (χ3v) is 3.45. The summed E-state index contributed by atoms with van der Waals surface area (Å²) in [5.74, 6) is 0.284. The van der Waals surface area contributed by atoms with Crippen LogP contribution in [-0.4, -0.2) is 23.1 Å². The molecule has 1 rings (SSSR count). The third kappa shape index (κ3) is 5.19. The molecule has 4 N–H and O–H groups in total. The van der Waals surface area contributed by atoms with Crippen molar-refractivity contribution < 1.29 is 5.21 Å². The predicted octanol–water partition coefficient (Wildman–Crippen LogP) is 2.18. The molecule has 1 heterocycles. The average Bonchev–Trinajstić information content (AvgIpc) is 2.80. The highest BCUT2D eigenvalue weighted by Crippen LogP contribution is 2.09. The van der Waals surface area contributed by atoms with Crippen LogP contribution in [0.5, 0.6) is 0 Å². The minimum Gasteiger partial charge on any atom is -0.409 e. The number of oxime groups is 1. The van der Waals surface area contributed by atoms with E-state index in [-0.39, 0.29) is 11.9 Å². The fourth-order valence-corrected chi connectivity index (χ4v) is 2.52. The molecule has 0 saturated heterocycles. The van der Waals surface area contributed by atoms with E-state index in [0.717, 1.165) is 12.8 Å². The Labute approximate surface area is 107 Å². The van der Waals surface area contributed by atoms with Crippen molar-refractivity contribution in [2.45, 2.75) is 45.2 Å². The molecule has 5 heteroatoms. The van der Waals surface area contributed by atoms with Crippen LogP contribution < -0.4 is 11.1 Å². The second kappa shape index (κ2) is 7.29. The van der Waals surface area contributed by atoms with Gasteiger partial charge < -0.3 is 16.3 Å². The van der Waals surface area contributed by atoms with Gasteiger partial charge >= 0.3 is 0 Å². The van der Waals surface area contributed by atoms with Crippen LogP contribution in [0.3, 0.4) is 0 Å². The SMILES string of the molecule is CCC(CC(N)=NO)NC(C)Cc1ccsc1. The minimum absolute atomic E-state index is 0.263. The molecule has 17 heavy (non-hydrogen) atoms. The minimum atomic E-state index is 0.263. The van der Waals surface area contributed by atoms with E-state index < -0.39 is 0 Å². The highest BCUT2D eigenvalue weighted by Gasteiger charge is 2.12. The molecule has 2 unspecified atom stereocenters. The Kier molecular flexibility index (Phi) is 6.00. The Morgan fingerprint density at radius 2 is 2.41 bits per heavy atom. The van der Waals surface area contributed by atoms with Crippen LogP contribution in [0.4, 0.5) is 0 Å². The van der Waals surface area contributed by atoms with Gasteiger partial charge in [-0.05, 0) is 42.2 Å². The lowest BCUT2D eigenvalue weighted by Crippen LogP contribution is -2.39. The molecule has 0 bridgehead atoms. The van der Waals surface area contributed by atoms with Gasteiger partial charge in [-0.3, -0.25) is 0 Å². The molecule has 0 aliphatic heterocycles. The first-order chi connectivity index (χ1) is 8.15. The summed E-state index contributed by atoms with van der Waals surface area (Å²) in [4.78, 5) is 0. The topological polar surface area (TPSA) is 70.6 Å². The van der Waals surface area contributed by atoms with E-state index in [1.807, 2.05) is 0 Å². The molecule has 4 nitrogen and oxygen atoms in total. The second-order valence-corrected chi connectivity index (χ2v) is 5.08. The van der Waals surface area contributed by atoms with Crippen molar-refractivity contribution in [3.05, 3.63) is 22.4 Å². The van der Waals surface area contributed by atoms with Crippen molar-refractivity contribution >= 4 is 17.2 Å². The average molecular weight is 255 g/mol. The van der Waals surface area contributed by atoms with E-state index in [4.69, 9.17) is 10.9 Å². The predicted molar refractivity (Wildman–Crippen MR) is 72.7 cm³/mol. The molecule has 0 saturated carbocycles. The van der Waals surface area contributed by atoms with Gasteiger partial charge in [0.2, 0.25) is 0 Å². The summed E-state index contributed by atoms with van der Waals surface area (Å²) >= 11 is 1.72. The summed E-state index contributed by atoms with van der Waals surface area (Å²) in [6.45, 7) is 4.26. The molecule has 0 radical (unpaired) electrons. The van der Waals surface area contributed by atoms with E-state index in [1.54, 1.807) is 11.3 Å². The first-order valence-corrected chi connectivity index (χ1v) is 6.83. The maximum Gasteiger partial charge on any atom is 0.140 e. The first-order valence-electron chi connectivity index (χ1n) is 5.89. The molecule has 2 atom stereocenters. The van der Waals surface area contributed by atoms with Gasteiger partial charge in [-0.25, -0.2) is 0 Å². The van der Waals surface area contributed by atoms with Gasteiger partial charge in [0.1, 0.15) is 5.84 Å². The number of amidine groups is 1. The van der Waals surface area contributed by atoms with Crippen LogP contribution in [0.15, 0.2) is 22.0 Å². The number of hydrogen-bond donors (Lipinski definition) is 3. The highest BCUT2D eigenvalue weighted by atomic mass is 32.1. The largest absolute Gasteiger partial charge is 0.409 e. The van der Waals surface area contributed by atoms with Crippen LogP contribution in [0.2, 0.25) is 0 Å². The van der Waals surface area contributed by atoms with Crippen LogP contribution in [0.25, 0.3) is 0 Å². The molecule has 0 spiro atoms. The normalized spacial score (nSPS) is 15.8. The maximum atomic E-state index is 8.56. The van der Waals surface area contributed by atoms with Gasteiger partial charge in [0, 0.05) is 18.5 Å². The molecule has 1 aromatic rings. The summed E-state index contributed by atoms with van der Waals surface area (Å²) in [6.07, 6.45) is 2.56. The molecule has 0 aliphatic carbocycles. The summed E-state index contributed by atoms with van der Waals surface area (Å²) in [6, 6.07) is 2.80. The standard InChI is InChI=1S/C12H21N3OS/c1-3-11(7-12(13)15-16)14-9(2)6-10-4-5-17-8-10/h4-5,8-9,11,14,16H,3,6-7H2,1-2H3,(H2,13,15). The molecule has 1 aromatic heterocycles. The van der Waals surface area contributed by atoms with E-state index >= 15 is 0 Å². The Bertz CT molecular complexity index is 338. The summed E-state index contributed by atoms with van der Waals surface area (Å²) in [5, 5.41) is 19.3. The Hall–Kier alpha value is -1.07. The second-order valence-electron chi connectivity index (χ2n) is 4.30. The van der Waals surface area contributed by atoms with Gasteiger partial charge in [0.15, 0.2) is 0 Å². The Balaban J connectivity index is 2.39. The van der Waals surface area contributed by atoms with Gasteiger partial charge in [-0.15, -0.1) is 0 Å². The lowest BCUT2D eigenvalue weighted by molar-refractivity contribution is 0.314. The van der Waals surface area contributed by atoms with Crippen LogP contribution in [-0.2, 0) is 6.42 Å². The molecular formula is C12H21N3OS. The van der Waals surface area contributed by atoms with Crippen molar-refractivity contribution in [1.29, 1.82) is 0 Å². The van der Waals surface area contributed by atoms with Crippen LogP contribution in [0, 0.1) is 0 Å². The quantitative estimate of drug-likeness (QED) is 0.303. The first kappa shape index (κ1) is 14.0. The number of hydrogen-bond acceptors (Lipinski definition) is 4. The number of thiophene rings is 1. The van der Waals surface area contributed by atoms with Crippen LogP contribution >= 0.6 is 11.3 Å². The van der Waals surface area contributed by atoms with E-state index in [2.05, 4.69) is 41.1 Å². The van der Waals surface area contributed by atoms with Gasteiger partial charge in [0.05, 0.1) is 0 Å². The van der Waals surface area contributed by atoms with E-state index in [1.165, 1.54) is 5.56 Å². The number of nitrogens with one attached hydrogen (secondary N) is 1. The fourth-order valence-electron chi connectivity index (χ4n) is 1.84. The van der Waals surface area contributed by atoms with Gasteiger partial charge in [-0.1, -0.05) is 12.1 Å². The van der Waals surface area contributed by atoms with E-state index in [0.29, 0.717) is 12.5 Å². The molecular weight excluding hydrogens is 234 g/mol. The number of nitrogens with two attached hydrogens (primary N) is 1. The van der Waals surface area contributed by atoms with Crippen molar-refractivity contribution in [2.24, 2.45) is 10.9 Å². The zero-order chi connectivity index (χ0) is 12.7. The highest BCUT2D eigenvalue weighted by molar-refractivity contribution is 7.07. The molecule has 0 fully saturated rings. The summed E-state index contributed by atoms with van der Waals surface area (Å²) in [5.41, 5.74) is 6.88. The third-order valence-electron chi connectivity index (χ3n) is 2.72. The van der Waals surface area contributed by atoms with Crippen molar-refractivity contribution in [1.82, 2.24) is 5.32 Å². The van der Waals surface area contributed by atoms with Crippen molar-refractivity contribution in [2.75, 3.05) is 0 Å². The number of nitrogens with zero attached hydrogens (tertiary/aromatic N) is 1. The lowest BCUT2D eigenvalue weighted by Gasteiger charge is -2.21. The Morgan fingerprint density at radius 1 is 1.65 bits per heavy atom. The zero-order valence-corrected chi connectivity index (χ0v) is 11.2. The summed E-state index contributed by atoms with van der Waals surface area (Å²) in [7, 11) is 0. The van der Waals surface area contributed by atoms with Crippen molar-refractivity contribution in [3.8, 4) is 0 Å². The Morgan fingerprint density at radius 3 is 2.94 bits per heavy atom. The number of rotatable bonds is 7. The monoisotopic (exact) mass is 255 g/mol. The molecule has 0 aromatic carbocycles. The van der Waals surface area contributed by atoms with Crippen LogP contribution in [0.1, 0.15) is 32.3 Å². The van der Waals surface area contributed by atoms with Gasteiger partial charge in [-0.2, -0.15) is 11.3 Å².